The molecule has 1 aromatic rings. The van der Waals surface area contributed by atoms with Gasteiger partial charge in [-0.05, 0) is 37.9 Å². The molecule has 0 bridgehead atoms. The maximum atomic E-state index is 12.5. The number of fused-ring (bicyclic) bond motifs is 1. The molecule has 2 amide bonds. The molecular formula is C38H65N3O2. The van der Waals surface area contributed by atoms with Crippen molar-refractivity contribution in [3.63, 3.8) is 0 Å². The van der Waals surface area contributed by atoms with E-state index >= 15 is 0 Å². The molecule has 0 saturated carbocycles. The third kappa shape index (κ3) is 13.9. The second-order valence-corrected chi connectivity index (χ2v) is 13.4. The van der Waals surface area contributed by atoms with E-state index in [0.29, 0.717) is 23.8 Å². The van der Waals surface area contributed by atoms with Gasteiger partial charge in [-0.2, -0.15) is 0 Å². The first-order chi connectivity index (χ1) is 21.2. The molecule has 2 heterocycles. The van der Waals surface area contributed by atoms with Crippen LogP contribution >= 0.6 is 0 Å². The fraction of sp³-hybridized carbons (Fsp3) is 0.789. The van der Waals surface area contributed by atoms with Gasteiger partial charge in [0.25, 0.3) is 11.8 Å². The van der Waals surface area contributed by atoms with Gasteiger partial charge in [0.1, 0.15) is 0 Å². The lowest BCUT2D eigenvalue weighted by molar-refractivity contribution is 0.0651. The number of hydrogen-bond acceptors (Lipinski definition) is 4. The summed E-state index contributed by atoms with van der Waals surface area (Å²) in [6.45, 7) is 6.47. The average Bonchev–Trinajstić information content (AvgIpc) is 3.57. The van der Waals surface area contributed by atoms with E-state index in [1.54, 1.807) is 12.1 Å². The largest absolute Gasteiger partial charge is 0.300 e. The molecule has 1 atom stereocenters. The molecule has 0 aliphatic carbocycles. The van der Waals surface area contributed by atoms with Crippen LogP contribution in [0.1, 0.15) is 182 Å². The number of imide groups is 1. The molecule has 0 radical (unpaired) electrons. The van der Waals surface area contributed by atoms with Crippen molar-refractivity contribution in [3.05, 3.63) is 35.4 Å². The van der Waals surface area contributed by atoms with Crippen molar-refractivity contribution in [3.8, 4) is 0 Å². The summed E-state index contributed by atoms with van der Waals surface area (Å²) in [6.07, 6.45) is 33.2. The molecule has 5 nitrogen and oxygen atoms in total. The minimum Gasteiger partial charge on any atom is -0.300 e. The zero-order chi connectivity index (χ0) is 30.4. The summed E-state index contributed by atoms with van der Waals surface area (Å²) in [6, 6.07) is 7.18. The summed E-state index contributed by atoms with van der Waals surface area (Å²) in [5, 5.41) is 3.75. The molecular weight excluding hydrogens is 530 g/mol. The Morgan fingerprint density at radius 2 is 1.00 bits per heavy atom. The van der Waals surface area contributed by atoms with Crippen molar-refractivity contribution in [2.45, 2.75) is 167 Å². The van der Waals surface area contributed by atoms with Crippen LogP contribution in [0.3, 0.4) is 0 Å². The summed E-state index contributed by atoms with van der Waals surface area (Å²) in [4.78, 5) is 29.0. The zero-order valence-electron chi connectivity index (χ0n) is 27.9. The van der Waals surface area contributed by atoms with Gasteiger partial charge in [0, 0.05) is 19.6 Å². The second-order valence-electron chi connectivity index (χ2n) is 13.4. The number of unbranched alkanes of at least 4 members (excludes halogenated alkanes) is 21. The van der Waals surface area contributed by atoms with Crippen LogP contribution in [0.4, 0.5) is 0 Å². The third-order valence-corrected chi connectivity index (χ3v) is 9.76. The quantitative estimate of drug-likeness (QED) is 0.0812. The average molecular weight is 596 g/mol. The van der Waals surface area contributed by atoms with E-state index in [1.165, 1.54) is 159 Å². The summed E-state index contributed by atoms with van der Waals surface area (Å²) in [5.74, 6) is -0.239. The lowest BCUT2D eigenvalue weighted by Crippen LogP contribution is -2.36. The molecule has 2 aliphatic heterocycles. The Bertz CT molecular complexity index is 853. The fourth-order valence-electron chi connectivity index (χ4n) is 7.01. The molecule has 43 heavy (non-hydrogen) atoms. The van der Waals surface area contributed by atoms with Crippen molar-refractivity contribution < 1.29 is 9.59 Å². The van der Waals surface area contributed by atoms with Crippen LogP contribution in [0.15, 0.2) is 24.3 Å². The molecule has 2 aliphatic rings. The van der Waals surface area contributed by atoms with Gasteiger partial charge in [-0.15, -0.1) is 0 Å². The van der Waals surface area contributed by atoms with Crippen molar-refractivity contribution in [1.29, 1.82) is 0 Å². The summed E-state index contributed by atoms with van der Waals surface area (Å²) < 4.78 is 0. The van der Waals surface area contributed by atoms with E-state index < -0.39 is 0 Å². The molecule has 3 rings (SSSR count). The van der Waals surface area contributed by atoms with Crippen LogP contribution in [0.5, 0.6) is 0 Å². The molecule has 1 unspecified atom stereocenters. The van der Waals surface area contributed by atoms with Gasteiger partial charge in [0.05, 0.1) is 17.3 Å². The second kappa shape index (κ2) is 22.7. The Labute approximate surface area is 264 Å². The van der Waals surface area contributed by atoms with Gasteiger partial charge in [0.2, 0.25) is 0 Å². The number of hydrogen-bond donors (Lipinski definition) is 1. The number of carbonyl (C=O) groups is 2. The van der Waals surface area contributed by atoms with Crippen LogP contribution in [0.25, 0.3) is 0 Å². The van der Waals surface area contributed by atoms with E-state index in [2.05, 4.69) is 17.1 Å². The predicted octanol–water partition coefficient (Wildman–Crippen LogP) is 9.90. The Balaban J connectivity index is 1.06. The van der Waals surface area contributed by atoms with Crippen molar-refractivity contribution in [1.82, 2.24) is 15.1 Å². The molecule has 244 valence electrons. The summed E-state index contributed by atoms with van der Waals surface area (Å²) >= 11 is 0. The van der Waals surface area contributed by atoms with Gasteiger partial charge in [-0.3, -0.25) is 19.4 Å². The smallest absolute Gasteiger partial charge is 0.261 e. The minimum absolute atomic E-state index is 0.120. The molecule has 0 aromatic heterocycles. The van der Waals surface area contributed by atoms with E-state index in [9.17, 15) is 9.59 Å². The van der Waals surface area contributed by atoms with E-state index in [-0.39, 0.29) is 11.8 Å². The Morgan fingerprint density at radius 1 is 0.581 bits per heavy atom. The van der Waals surface area contributed by atoms with E-state index in [4.69, 9.17) is 0 Å². The highest BCUT2D eigenvalue weighted by atomic mass is 16.2. The Kier molecular flexibility index (Phi) is 18.9. The molecule has 1 saturated heterocycles. The molecule has 1 N–H and O–H groups in total. The lowest BCUT2D eigenvalue weighted by atomic mass is 10.0. The van der Waals surface area contributed by atoms with Crippen LogP contribution in [-0.4, -0.2) is 54.0 Å². The maximum absolute atomic E-state index is 12.5. The summed E-state index contributed by atoms with van der Waals surface area (Å²) in [7, 11) is 0. The van der Waals surface area contributed by atoms with Crippen molar-refractivity contribution in [2.75, 3.05) is 26.2 Å². The third-order valence-electron chi connectivity index (χ3n) is 9.76. The van der Waals surface area contributed by atoms with Crippen LogP contribution < -0.4 is 5.32 Å². The number of amides is 2. The number of nitrogens with zero attached hydrogens (tertiary/aromatic N) is 2. The standard InChI is InChI=1S/C38H65N3O2/c1-2-3-4-5-6-7-8-9-10-11-12-13-16-19-22-29-36-39-30-33-40(36)31-25-20-17-14-15-18-21-26-32-41-37(42)34-27-23-24-28-35(34)38(41)43/h23-24,27-28,36,39H,2-22,25-26,29-33H2,1H3. The maximum Gasteiger partial charge on any atom is 0.261 e. The zero-order valence-corrected chi connectivity index (χ0v) is 27.9. The van der Waals surface area contributed by atoms with Crippen LogP contribution in [-0.2, 0) is 0 Å². The molecule has 5 heteroatoms. The first kappa shape index (κ1) is 35.8. The van der Waals surface area contributed by atoms with Crippen LogP contribution in [0.2, 0.25) is 0 Å². The Hall–Kier alpha value is -1.72. The van der Waals surface area contributed by atoms with Gasteiger partial charge in [-0.25, -0.2) is 0 Å². The highest BCUT2D eigenvalue weighted by molar-refractivity contribution is 6.21. The molecule has 1 fully saturated rings. The first-order valence-corrected chi connectivity index (χ1v) is 18.6. The van der Waals surface area contributed by atoms with Gasteiger partial charge in [-0.1, -0.05) is 154 Å². The van der Waals surface area contributed by atoms with E-state index in [1.807, 2.05) is 12.1 Å². The number of nitrogens with one attached hydrogen (secondary N) is 1. The minimum atomic E-state index is -0.120. The monoisotopic (exact) mass is 596 g/mol. The van der Waals surface area contributed by atoms with Crippen molar-refractivity contribution >= 4 is 11.8 Å². The Morgan fingerprint density at radius 3 is 1.49 bits per heavy atom. The highest BCUT2D eigenvalue weighted by Crippen LogP contribution is 2.23. The molecule has 1 aromatic carbocycles. The van der Waals surface area contributed by atoms with Gasteiger partial charge >= 0.3 is 0 Å². The SMILES string of the molecule is CCCCCCCCCCCCCCCCCC1NCCN1CCCCCCCCCCN1C(=O)c2ccccc2C1=O. The van der Waals surface area contributed by atoms with Gasteiger partial charge < -0.3 is 5.32 Å². The normalized spacial score (nSPS) is 17.0. The number of rotatable bonds is 27. The van der Waals surface area contributed by atoms with Crippen molar-refractivity contribution in [2.24, 2.45) is 0 Å². The topological polar surface area (TPSA) is 52.6 Å². The number of benzene rings is 1. The van der Waals surface area contributed by atoms with E-state index in [0.717, 1.165) is 19.4 Å². The van der Waals surface area contributed by atoms with Crippen LogP contribution in [0, 0.1) is 0 Å². The first-order valence-electron chi connectivity index (χ1n) is 18.6. The highest BCUT2D eigenvalue weighted by Gasteiger charge is 2.34. The lowest BCUT2D eigenvalue weighted by Gasteiger charge is -2.24. The number of carbonyl (C=O) groups excluding carboxylic acids is 2. The fourth-order valence-corrected chi connectivity index (χ4v) is 7.01. The summed E-state index contributed by atoms with van der Waals surface area (Å²) in [5.41, 5.74) is 1.13. The van der Waals surface area contributed by atoms with Gasteiger partial charge in [0.15, 0.2) is 0 Å². The molecule has 0 spiro atoms. The predicted molar refractivity (Wildman–Crippen MR) is 182 cm³/mol.